The maximum absolute atomic E-state index is 13.9. The van der Waals surface area contributed by atoms with E-state index in [4.69, 9.17) is 25.8 Å². The summed E-state index contributed by atoms with van der Waals surface area (Å²) in [6, 6.07) is 19.9. The smallest absolute Gasteiger partial charge is 0.338 e. The highest BCUT2D eigenvalue weighted by molar-refractivity contribution is 9.10. The van der Waals surface area contributed by atoms with Gasteiger partial charge in [-0.3, -0.25) is 9.36 Å². The van der Waals surface area contributed by atoms with E-state index in [1.165, 1.54) is 11.3 Å². The summed E-state index contributed by atoms with van der Waals surface area (Å²) in [6.45, 7) is 4.06. The second kappa shape index (κ2) is 12.5. The minimum Gasteiger partial charge on any atom is -0.493 e. The number of nitrogens with zero attached hydrogens (tertiary/aromatic N) is 2. The maximum Gasteiger partial charge on any atom is 0.338 e. The molecule has 210 valence electrons. The lowest BCUT2D eigenvalue weighted by molar-refractivity contribution is -0.139. The standard InChI is InChI=1S/C31H26BrClN2O5S/c1-4-39-30(37)26-18(2)34-31-35(27(26)21-8-6-5-7-9-21)29(36)25(41-31)16-20-14-23(32)28(24(15-20)38-3)40-17-19-10-12-22(33)13-11-19/h5-16,27H,4,17H2,1-3H3/b25-16+/t27-/m1/s1. The topological polar surface area (TPSA) is 79.1 Å². The molecule has 0 fully saturated rings. The molecule has 1 atom stereocenters. The summed E-state index contributed by atoms with van der Waals surface area (Å²) in [5.74, 6) is 0.564. The third-order valence-electron chi connectivity index (χ3n) is 6.48. The quantitative estimate of drug-likeness (QED) is 0.225. The molecule has 0 unspecified atom stereocenters. The van der Waals surface area contributed by atoms with Gasteiger partial charge in [-0.15, -0.1) is 0 Å². The number of allylic oxidation sites excluding steroid dienone is 1. The number of thiazole rings is 1. The Morgan fingerprint density at radius 2 is 1.88 bits per heavy atom. The van der Waals surface area contributed by atoms with Crippen molar-refractivity contribution in [3.63, 3.8) is 0 Å². The molecule has 3 aromatic carbocycles. The molecule has 41 heavy (non-hydrogen) atoms. The number of aromatic nitrogens is 1. The number of hydrogen-bond donors (Lipinski definition) is 0. The molecule has 4 aromatic rings. The first-order valence-electron chi connectivity index (χ1n) is 12.8. The molecule has 0 saturated heterocycles. The Morgan fingerprint density at radius 3 is 2.56 bits per heavy atom. The van der Waals surface area contributed by atoms with E-state index in [0.29, 0.717) is 48.2 Å². The van der Waals surface area contributed by atoms with Gasteiger partial charge in [-0.25, -0.2) is 9.79 Å². The van der Waals surface area contributed by atoms with Crippen LogP contribution >= 0.6 is 38.9 Å². The van der Waals surface area contributed by atoms with Gasteiger partial charge in [0.15, 0.2) is 16.3 Å². The molecule has 1 aromatic heterocycles. The van der Waals surface area contributed by atoms with Gasteiger partial charge < -0.3 is 14.2 Å². The van der Waals surface area contributed by atoms with E-state index in [2.05, 4.69) is 20.9 Å². The van der Waals surface area contributed by atoms with E-state index in [1.54, 1.807) is 31.6 Å². The van der Waals surface area contributed by atoms with Crippen LogP contribution in [0, 0.1) is 0 Å². The number of carbonyl (C=O) groups is 1. The lowest BCUT2D eigenvalue weighted by atomic mass is 9.96. The first kappa shape index (κ1) is 28.9. The van der Waals surface area contributed by atoms with Crippen LogP contribution in [0.1, 0.15) is 36.6 Å². The molecular formula is C31H26BrClN2O5S. The summed E-state index contributed by atoms with van der Waals surface area (Å²) in [4.78, 5) is 32.0. The molecule has 1 aliphatic rings. The van der Waals surface area contributed by atoms with Crippen molar-refractivity contribution in [3.05, 3.63) is 124 Å². The third-order valence-corrected chi connectivity index (χ3v) is 8.30. The van der Waals surface area contributed by atoms with Crippen LogP contribution < -0.4 is 24.4 Å². The molecule has 0 radical (unpaired) electrons. The van der Waals surface area contributed by atoms with Gasteiger partial charge in [0.1, 0.15) is 6.61 Å². The average molecular weight is 654 g/mol. The fourth-order valence-electron chi connectivity index (χ4n) is 4.59. The predicted octanol–water partition coefficient (Wildman–Crippen LogP) is 5.80. The number of benzene rings is 3. The van der Waals surface area contributed by atoms with E-state index >= 15 is 0 Å². The molecule has 2 heterocycles. The van der Waals surface area contributed by atoms with Gasteiger partial charge in [-0.1, -0.05) is 65.4 Å². The minimum atomic E-state index is -0.654. The number of esters is 1. The maximum atomic E-state index is 13.9. The Hall–Kier alpha value is -3.66. The predicted molar refractivity (Wildman–Crippen MR) is 163 cm³/mol. The van der Waals surface area contributed by atoms with Crippen molar-refractivity contribution in [2.75, 3.05) is 13.7 Å². The second-order valence-electron chi connectivity index (χ2n) is 9.16. The third kappa shape index (κ3) is 6.02. The summed E-state index contributed by atoms with van der Waals surface area (Å²) in [7, 11) is 1.56. The molecule has 0 aliphatic carbocycles. The van der Waals surface area contributed by atoms with Gasteiger partial charge in [0.05, 0.1) is 40.0 Å². The molecule has 0 amide bonds. The van der Waals surface area contributed by atoms with Crippen LogP contribution in [0.2, 0.25) is 5.02 Å². The van der Waals surface area contributed by atoms with Gasteiger partial charge in [-0.05, 0) is 76.8 Å². The van der Waals surface area contributed by atoms with Crippen molar-refractivity contribution in [2.24, 2.45) is 4.99 Å². The molecule has 0 N–H and O–H groups in total. The zero-order chi connectivity index (χ0) is 29.1. The van der Waals surface area contributed by atoms with Gasteiger partial charge in [0.25, 0.3) is 5.56 Å². The van der Waals surface area contributed by atoms with Gasteiger partial charge in [0, 0.05) is 5.02 Å². The summed E-state index contributed by atoms with van der Waals surface area (Å²) >= 11 is 10.8. The highest BCUT2D eigenvalue weighted by atomic mass is 79.9. The van der Waals surface area contributed by atoms with Crippen LogP contribution in [0.4, 0.5) is 0 Å². The zero-order valence-electron chi connectivity index (χ0n) is 22.5. The normalized spacial score (nSPS) is 14.9. The SMILES string of the molecule is CCOC(=O)C1=C(C)N=c2s/c(=C/c3cc(Br)c(OCc4ccc(Cl)cc4)c(OC)c3)c(=O)n2[C@@H]1c1ccccc1. The Kier molecular flexibility index (Phi) is 8.77. The largest absolute Gasteiger partial charge is 0.493 e. The molecule has 5 rings (SSSR count). The fraction of sp³-hybridized carbons (Fsp3) is 0.194. The molecule has 10 heteroatoms. The van der Waals surface area contributed by atoms with Crippen LogP contribution in [-0.4, -0.2) is 24.3 Å². The van der Waals surface area contributed by atoms with E-state index in [-0.39, 0.29) is 12.2 Å². The number of halogens is 2. The Bertz CT molecular complexity index is 1810. The lowest BCUT2D eigenvalue weighted by Crippen LogP contribution is -2.39. The molecule has 1 aliphatic heterocycles. The van der Waals surface area contributed by atoms with Crippen molar-refractivity contribution < 1.29 is 19.0 Å². The van der Waals surface area contributed by atoms with Crippen molar-refractivity contribution in [3.8, 4) is 11.5 Å². The van der Waals surface area contributed by atoms with Crippen molar-refractivity contribution >= 4 is 50.9 Å². The van der Waals surface area contributed by atoms with Crippen molar-refractivity contribution in [2.45, 2.75) is 26.5 Å². The van der Waals surface area contributed by atoms with Crippen LogP contribution in [0.15, 0.2) is 92.3 Å². The molecule has 0 saturated carbocycles. The highest BCUT2D eigenvalue weighted by Crippen LogP contribution is 2.37. The van der Waals surface area contributed by atoms with Crippen LogP contribution in [-0.2, 0) is 16.1 Å². The monoisotopic (exact) mass is 652 g/mol. The van der Waals surface area contributed by atoms with Gasteiger partial charge in [-0.2, -0.15) is 0 Å². The van der Waals surface area contributed by atoms with Crippen molar-refractivity contribution in [1.82, 2.24) is 4.57 Å². The van der Waals surface area contributed by atoms with Crippen LogP contribution in [0.25, 0.3) is 6.08 Å². The average Bonchev–Trinajstić information content (AvgIpc) is 3.26. The fourth-order valence-corrected chi connectivity index (χ4v) is 6.34. The van der Waals surface area contributed by atoms with Crippen molar-refractivity contribution in [1.29, 1.82) is 0 Å². The molecule has 0 spiro atoms. The number of hydrogen-bond acceptors (Lipinski definition) is 7. The Labute approximate surface area is 254 Å². The molecule has 7 nitrogen and oxygen atoms in total. The highest BCUT2D eigenvalue weighted by Gasteiger charge is 2.33. The number of methoxy groups -OCH3 is 1. The van der Waals surface area contributed by atoms with Crippen LogP contribution in [0.3, 0.4) is 0 Å². The van der Waals surface area contributed by atoms with Gasteiger partial charge >= 0.3 is 5.97 Å². The molecular weight excluding hydrogens is 628 g/mol. The zero-order valence-corrected chi connectivity index (χ0v) is 25.7. The Morgan fingerprint density at radius 1 is 1.15 bits per heavy atom. The summed E-state index contributed by atoms with van der Waals surface area (Å²) in [5.41, 5.74) is 3.11. The first-order valence-corrected chi connectivity index (χ1v) is 14.8. The lowest BCUT2D eigenvalue weighted by Gasteiger charge is -2.24. The first-order chi connectivity index (χ1) is 19.8. The number of rotatable bonds is 8. The van der Waals surface area contributed by atoms with Gasteiger partial charge in [0.2, 0.25) is 0 Å². The number of ether oxygens (including phenoxy) is 3. The number of carbonyl (C=O) groups excluding carboxylic acids is 1. The van der Waals surface area contributed by atoms with E-state index in [0.717, 1.165) is 16.7 Å². The Balaban J connectivity index is 1.56. The minimum absolute atomic E-state index is 0.220. The van der Waals surface area contributed by atoms with E-state index in [9.17, 15) is 9.59 Å². The molecule has 0 bridgehead atoms. The number of fused-ring (bicyclic) bond motifs is 1. The van der Waals surface area contributed by atoms with E-state index < -0.39 is 12.0 Å². The summed E-state index contributed by atoms with van der Waals surface area (Å²) in [6.07, 6.45) is 1.78. The second-order valence-corrected chi connectivity index (χ2v) is 11.5. The van der Waals surface area contributed by atoms with E-state index in [1.807, 2.05) is 66.7 Å². The van der Waals surface area contributed by atoms with Crippen LogP contribution in [0.5, 0.6) is 11.5 Å². The summed E-state index contributed by atoms with van der Waals surface area (Å²) < 4.78 is 19.7. The summed E-state index contributed by atoms with van der Waals surface area (Å²) in [5, 5.41) is 0.657.